The zero-order valence-corrected chi connectivity index (χ0v) is 10.4. The first-order chi connectivity index (χ1) is 8.70. The predicted octanol–water partition coefficient (Wildman–Crippen LogP) is 2.27. The second-order valence-electron chi connectivity index (χ2n) is 4.51. The lowest BCUT2D eigenvalue weighted by Gasteiger charge is -2.16. The number of hydrogen-bond acceptors (Lipinski definition) is 3. The number of nitrogens with zero attached hydrogens (tertiary/aromatic N) is 1. The molecule has 1 aliphatic rings. The summed E-state index contributed by atoms with van der Waals surface area (Å²) in [4.78, 5) is 19.5. The number of aromatic amines is 1. The number of methoxy groups -OCH3 is 1. The van der Waals surface area contributed by atoms with Crippen LogP contribution in [0, 0.1) is 6.92 Å². The van der Waals surface area contributed by atoms with Crippen molar-refractivity contribution in [3.05, 3.63) is 40.8 Å². The molecule has 18 heavy (non-hydrogen) atoms. The van der Waals surface area contributed by atoms with Gasteiger partial charge >= 0.3 is 5.97 Å². The number of fused-ring (bicyclic) bond motifs is 3. The van der Waals surface area contributed by atoms with E-state index in [1.54, 1.807) is 6.20 Å². The minimum absolute atomic E-state index is 0.316. The van der Waals surface area contributed by atoms with Gasteiger partial charge in [0.25, 0.3) is 0 Å². The SMILES string of the molecule is COC(=O)c1c[nH]c2c1-c1nc(C)ccc1CC2. The predicted molar refractivity (Wildman–Crippen MR) is 67.5 cm³/mol. The molecule has 0 saturated carbocycles. The van der Waals surface area contributed by atoms with Crippen LogP contribution in [0.5, 0.6) is 0 Å². The zero-order valence-electron chi connectivity index (χ0n) is 10.4. The number of rotatable bonds is 1. The molecule has 0 unspecified atom stereocenters. The molecule has 0 amide bonds. The maximum atomic E-state index is 11.8. The Hall–Kier alpha value is -2.10. The highest BCUT2D eigenvalue weighted by Gasteiger charge is 2.25. The van der Waals surface area contributed by atoms with E-state index in [-0.39, 0.29) is 5.97 Å². The summed E-state index contributed by atoms with van der Waals surface area (Å²) in [5, 5.41) is 0. The van der Waals surface area contributed by atoms with Crippen LogP contribution in [-0.2, 0) is 17.6 Å². The Morgan fingerprint density at radius 2 is 2.22 bits per heavy atom. The first-order valence-corrected chi connectivity index (χ1v) is 5.96. The van der Waals surface area contributed by atoms with Crippen LogP contribution >= 0.6 is 0 Å². The van der Waals surface area contributed by atoms with Crippen molar-refractivity contribution in [1.29, 1.82) is 0 Å². The summed E-state index contributed by atoms with van der Waals surface area (Å²) < 4.78 is 4.82. The molecular formula is C14H14N2O2. The van der Waals surface area contributed by atoms with Crippen molar-refractivity contribution in [2.24, 2.45) is 0 Å². The monoisotopic (exact) mass is 242 g/mol. The van der Waals surface area contributed by atoms with Gasteiger partial charge in [0.2, 0.25) is 0 Å². The van der Waals surface area contributed by atoms with Crippen LogP contribution in [0.3, 0.4) is 0 Å². The van der Waals surface area contributed by atoms with E-state index in [0.29, 0.717) is 5.56 Å². The molecule has 0 radical (unpaired) electrons. The Labute approximate surface area is 105 Å². The number of esters is 1. The van der Waals surface area contributed by atoms with E-state index in [9.17, 15) is 4.79 Å². The van der Waals surface area contributed by atoms with Crippen molar-refractivity contribution in [3.8, 4) is 11.3 Å². The van der Waals surface area contributed by atoms with E-state index in [1.807, 2.05) is 13.0 Å². The number of hydrogen-bond donors (Lipinski definition) is 1. The molecular weight excluding hydrogens is 228 g/mol. The van der Waals surface area contributed by atoms with Crippen molar-refractivity contribution >= 4 is 5.97 Å². The average molecular weight is 242 g/mol. The standard InChI is InChI=1S/C14H14N2O2/c1-8-3-4-9-5-6-11-12(13(9)16-8)10(7-15-11)14(17)18-2/h3-4,7,15H,5-6H2,1-2H3. The highest BCUT2D eigenvalue weighted by Crippen LogP contribution is 2.34. The van der Waals surface area contributed by atoms with Crippen LogP contribution in [-0.4, -0.2) is 23.0 Å². The molecule has 0 fully saturated rings. The fraction of sp³-hybridized carbons (Fsp3) is 0.286. The molecule has 2 heterocycles. The van der Waals surface area contributed by atoms with Crippen molar-refractivity contribution in [1.82, 2.24) is 9.97 Å². The van der Waals surface area contributed by atoms with Gasteiger partial charge in [-0.25, -0.2) is 4.79 Å². The van der Waals surface area contributed by atoms with Gasteiger partial charge in [0.15, 0.2) is 0 Å². The number of ether oxygens (including phenoxy) is 1. The summed E-state index contributed by atoms with van der Waals surface area (Å²) in [5.41, 5.74) is 5.62. The Bertz CT molecular complexity index is 629. The summed E-state index contributed by atoms with van der Waals surface area (Å²) in [5.74, 6) is -0.316. The summed E-state index contributed by atoms with van der Waals surface area (Å²) >= 11 is 0. The van der Waals surface area contributed by atoms with Gasteiger partial charge in [-0.05, 0) is 31.4 Å². The zero-order chi connectivity index (χ0) is 12.7. The van der Waals surface area contributed by atoms with Crippen LogP contribution in [0.25, 0.3) is 11.3 Å². The normalized spacial score (nSPS) is 12.8. The number of aromatic nitrogens is 2. The highest BCUT2D eigenvalue weighted by molar-refractivity contribution is 5.98. The highest BCUT2D eigenvalue weighted by atomic mass is 16.5. The number of aryl methyl sites for hydroxylation is 3. The fourth-order valence-electron chi connectivity index (χ4n) is 2.47. The van der Waals surface area contributed by atoms with Crippen LogP contribution in [0.1, 0.15) is 27.3 Å². The van der Waals surface area contributed by atoms with E-state index in [2.05, 4.69) is 16.0 Å². The lowest BCUT2D eigenvalue weighted by molar-refractivity contribution is 0.0601. The first-order valence-electron chi connectivity index (χ1n) is 5.96. The van der Waals surface area contributed by atoms with Crippen molar-refractivity contribution in [2.45, 2.75) is 19.8 Å². The Morgan fingerprint density at radius 1 is 1.39 bits per heavy atom. The van der Waals surface area contributed by atoms with Gasteiger partial charge in [-0.2, -0.15) is 0 Å². The van der Waals surface area contributed by atoms with E-state index < -0.39 is 0 Å². The smallest absolute Gasteiger partial charge is 0.340 e. The Morgan fingerprint density at radius 3 is 3.00 bits per heavy atom. The Kier molecular flexibility index (Phi) is 2.44. The quantitative estimate of drug-likeness (QED) is 0.780. The molecule has 0 aromatic carbocycles. The molecule has 1 N–H and O–H groups in total. The lowest BCUT2D eigenvalue weighted by Crippen LogP contribution is -2.09. The molecule has 0 aliphatic heterocycles. The van der Waals surface area contributed by atoms with Crippen LogP contribution in [0.15, 0.2) is 18.3 Å². The number of nitrogens with one attached hydrogen (secondary N) is 1. The summed E-state index contributed by atoms with van der Waals surface area (Å²) in [6.07, 6.45) is 3.58. The van der Waals surface area contributed by atoms with Crippen LogP contribution in [0.2, 0.25) is 0 Å². The molecule has 92 valence electrons. The maximum Gasteiger partial charge on any atom is 0.340 e. The number of H-pyrrole nitrogens is 1. The Balaban J connectivity index is 2.24. The molecule has 2 aromatic heterocycles. The second-order valence-corrected chi connectivity index (χ2v) is 4.51. The molecule has 0 saturated heterocycles. The molecule has 4 heteroatoms. The molecule has 0 spiro atoms. The van der Waals surface area contributed by atoms with Gasteiger partial charge in [-0.1, -0.05) is 6.07 Å². The average Bonchev–Trinajstić information content (AvgIpc) is 2.82. The summed E-state index contributed by atoms with van der Waals surface area (Å²) in [6, 6.07) is 4.10. The van der Waals surface area contributed by atoms with Crippen LogP contribution in [0.4, 0.5) is 0 Å². The number of carbonyl (C=O) groups excluding carboxylic acids is 1. The van der Waals surface area contributed by atoms with Gasteiger partial charge in [-0.15, -0.1) is 0 Å². The van der Waals surface area contributed by atoms with Gasteiger partial charge < -0.3 is 9.72 Å². The number of pyridine rings is 1. The molecule has 4 nitrogen and oxygen atoms in total. The van der Waals surface area contributed by atoms with Crippen molar-refractivity contribution in [2.75, 3.05) is 7.11 Å². The largest absolute Gasteiger partial charge is 0.465 e. The van der Waals surface area contributed by atoms with E-state index in [0.717, 1.165) is 35.5 Å². The number of carbonyl (C=O) groups is 1. The third-order valence-electron chi connectivity index (χ3n) is 3.37. The van der Waals surface area contributed by atoms with Crippen molar-refractivity contribution < 1.29 is 9.53 Å². The summed E-state index contributed by atoms with van der Waals surface area (Å²) in [6.45, 7) is 1.96. The molecule has 0 atom stereocenters. The molecule has 3 rings (SSSR count). The van der Waals surface area contributed by atoms with Gasteiger partial charge in [0.1, 0.15) is 0 Å². The lowest BCUT2D eigenvalue weighted by atomic mass is 9.91. The van der Waals surface area contributed by atoms with Crippen molar-refractivity contribution in [3.63, 3.8) is 0 Å². The van der Waals surface area contributed by atoms with E-state index in [4.69, 9.17) is 4.74 Å². The maximum absolute atomic E-state index is 11.8. The third kappa shape index (κ3) is 1.53. The first kappa shape index (κ1) is 11.0. The van der Waals surface area contributed by atoms with Gasteiger partial charge in [-0.3, -0.25) is 4.98 Å². The van der Waals surface area contributed by atoms with E-state index in [1.165, 1.54) is 12.7 Å². The molecule has 0 bridgehead atoms. The molecule has 1 aliphatic carbocycles. The van der Waals surface area contributed by atoms with Gasteiger partial charge in [0, 0.05) is 23.1 Å². The molecule has 2 aromatic rings. The van der Waals surface area contributed by atoms with Crippen LogP contribution < -0.4 is 0 Å². The topological polar surface area (TPSA) is 55.0 Å². The minimum atomic E-state index is -0.316. The fourth-order valence-corrected chi connectivity index (χ4v) is 2.47. The van der Waals surface area contributed by atoms with Gasteiger partial charge in [0.05, 0.1) is 18.4 Å². The third-order valence-corrected chi connectivity index (χ3v) is 3.37. The second kappa shape index (κ2) is 3.98. The van der Waals surface area contributed by atoms with E-state index >= 15 is 0 Å². The summed E-state index contributed by atoms with van der Waals surface area (Å²) in [7, 11) is 1.40. The minimum Gasteiger partial charge on any atom is -0.465 e.